The van der Waals surface area contributed by atoms with Gasteiger partial charge >= 0.3 is 0 Å². The summed E-state index contributed by atoms with van der Waals surface area (Å²) in [6.45, 7) is 3.52. The second-order valence-electron chi connectivity index (χ2n) is 6.75. The van der Waals surface area contributed by atoms with Crippen molar-refractivity contribution in [1.82, 2.24) is 10.2 Å². The van der Waals surface area contributed by atoms with Gasteiger partial charge in [0, 0.05) is 33.2 Å². The van der Waals surface area contributed by atoms with Gasteiger partial charge in [-0.1, -0.05) is 12.1 Å². The van der Waals surface area contributed by atoms with Gasteiger partial charge in [0.05, 0.1) is 17.5 Å². The van der Waals surface area contributed by atoms with Gasteiger partial charge in [-0.25, -0.2) is 0 Å². The number of amides is 2. The van der Waals surface area contributed by atoms with E-state index in [4.69, 9.17) is 4.42 Å². The smallest absolute Gasteiger partial charge is 0.293 e. The predicted octanol–water partition coefficient (Wildman–Crippen LogP) is 1.85. The first-order valence-corrected chi connectivity index (χ1v) is 8.55. The lowest BCUT2D eigenvalue weighted by Crippen LogP contribution is -2.34. The molecular formula is C19H21N3O3. The quantitative estimate of drug-likeness (QED) is 0.927. The molecule has 25 heavy (non-hydrogen) atoms. The minimum absolute atomic E-state index is 0.0101. The summed E-state index contributed by atoms with van der Waals surface area (Å²) in [6, 6.07) is 10.6. The van der Waals surface area contributed by atoms with Gasteiger partial charge in [0.25, 0.3) is 11.8 Å². The van der Waals surface area contributed by atoms with Crippen molar-refractivity contribution < 1.29 is 14.0 Å². The number of benzene rings is 1. The van der Waals surface area contributed by atoms with Gasteiger partial charge in [0.2, 0.25) is 0 Å². The van der Waals surface area contributed by atoms with Crippen molar-refractivity contribution in [1.29, 1.82) is 0 Å². The maximum absolute atomic E-state index is 13.1. The molecule has 2 amide bonds. The number of rotatable bonds is 3. The van der Waals surface area contributed by atoms with Gasteiger partial charge in [-0.05, 0) is 36.1 Å². The molecule has 6 heteroatoms. The van der Waals surface area contributed by atoms with Crippen molar-refractivity contribution >= 4 is 17.5 Å². The summed E-state index contributed by atoms with van der Waals surface area (Å²) in [5, 5.41) is 3.38. The van der Waals surface area contributed by atoms with Gasteiger partial charge in [-0.15, -0.1) is 0 Å². The largest absolute Gasteiger partial charge is 0.459 e. The van der Waals surface area contributed by atoms with E-state index >= 15 is 0 Å². The van der Waals surface area contributed by atoms with E-state index in [0.29, 0.717) is 23.1 Å². The molecule has 1 aromatic heterocycles. The highest BCUT2D eigenvalue weighted by molar-refractivity contribution is 6.09. The first-order valence-electron chi connectivity index (χ1n) is 8.55. The van der Waals surface area contributed by atoms with Crippen LogP contribution in [0, 0.1) is 11.8 Å². The Morgan fingerprint density at radius 1 is 1.12 bits per heavy atom. The monoisotopic (exact) mass is 339 g/mol. The van der Waals surface area contributed by atoms with Gasteiger partial charge in [-0.3, -0.25) is 9.59 Å². The molecule has 2 atom stereocenters. The Labute approximate surface area is 146 Å². The van der Waals surface area contributed by atoms with Crippen molar-refractivity contribution in [2.24, 2.45) is 11.8 Å². The van der Waals surface area contributed by atoms with E-state index in [0.717, 1.165) is 26.2 Å². The molecule has 2 fully saturated rings. The number of furan rings is 1. The Bertz CT molecular complexity index is 775. The molecule has 2 saturated heterocycles. The van der Waals surface area contributed by atoms with Gasteiger partial charge in [0.1, 0.15) is 0 Å². The van der Waals surface area contributed by atoms with Crippen LogP contribution >= 0.6 is 0 Å². The maximum atomic E-state index is 13.1. The molecule has 6 nitrogen and oxygen atoms in total. The third-order valence-electron chi connectivity index (χ3n) is 5.21. The molecule has 1 aromatic carbocycles. The summed E-state index contributed by atoms with van der Waals surface area (Å²) in [5.41, 5.74) is 1.15. The van der Waals surface area contributed by atoms with E-state index in [9.17, 15) is 9.59 Å². The van der Waals surface area contributed by atoms with E-state index in [1.165, 1.54) is 11.2 Å². The van der Waals surface area contributed by atoms with Gasteiger partial charge in [0.15, 0.2) is 5.76 Å². The molecule has 0 bridgehead atoms. The Morgan fingerprint density at radius 2 is 1.84 bits per heavy atom. The Kier molecular flexibility index (Phi) is 4.05. The summed E-state index contributed by atoms with van der Waals surface area (Å²) in [7, 11) is 1.67. The first kappa shape index (κ1) is 15.9. The number of hydrogen-bond donors (Lipinski definition) is 1. The normalized spacial score (nSPS) is 22.0. The summed E-state index contributed by atoms with van der Waals surface area (Å²) < 4.78 is 5.19. The van der Waals surface area contributed by atoms with E-state index < -0.39 is 0 Å². The van der Waals surface area contributed by atoms with Gasteiger partial charge in [-0.2, -0.15) is 0 Å². The molecule has 4 rings (SSSR count). The van der Waals surface area contributed by atoms with Crippen LogP contribution in [-0.2, 0) is 0 Å². The SMILES string of the molecule is CN(C(=O)c1ccco1)c1ccccc1C(=O)N1C[C@H]2CNC[C@H]2C1. The van der Waals surface area contributed by atoms with E-state index in [1.807, 2.05) is 17.0 Å². The predicted molar refractivity (Wildman–Crippen MR) is 93.6 cm³/mol. The first-order chi connectivity index (χ1) is 12.1. The fraction of sp³-hybridized carbons (Fsp3) is 0.368. The Balaban J connectivity index is 1.58. The van der Waals surface area contributed by atoms with Crippen LogP contribution in [0.25, 0.3) is 0 Å². The minimum atomic E-state index is -0.271. The lowest BCUT2D eigenvalue weighted by molar-refractivity contribution is 0.0782. The van der Waals surface area contributed by atoms with Crippen molar-refractivity contribution in [3.05, 3.63) is 54.0 Å². The average molecular weight is 339 g/mol. The fourth-order valence-electron chi connectivity index (χ4n) is 3.81. The zero-order chi connectivity index (χ0) is 17.4. The molecule has 0 spiro atoms. The zero-order valence-corrected chi connectivity index (χ0v) is 14.1. The van der Waals surface area contributed by atoms with Crippen molar-refractivity contribution in [2.45, 2.75) is 0 Å². The fourth-order valence-corrected chi connectivity index (χ4v) is 3.81. The Hall–Kier alpha value is -2.60. The lowest BCUT2D eigenvalue weighted by Gasteiger charge is -2.23. The highest BCUT2D eigenvalue weighted by Crippen LogP contribution is 2.30. The second kappa shape index (κ2) is 6.37. The summed E-state index contributed by atoms with van der Waals surface area (Å²) >= 11 is 0. The second-order valence-corrected chi connectivity index (χ2v) is 6.75. The van der Waals surface area contributed by atoms with Crippen LogP contribution in [0.4, 0.5) is 5.69 Å². The third kappa shape index (κ3) is 2.82. The highest BCUT2D eigenvalue weighted by atomic mass is 16.3. The van der Waals surface area contributed by atoms with Crippen molar-refractivity contribution in [3.63, 3.8) is 0 Å². The van der Waals surface area contributed by atoms with Crippen LogP contribution in [0.1, 0.15) is 20.9 Å². The van der Waals surface area contributed by atoms with E-state index in [1.54, 1.807) is 31.3 Å². The van der Waals surface area contributed by atoms with Crippen LogP contribution in [0.3, 0.4) is 0 Å². The summed E-state index contributed by atoms with van der Waals surface area (Å²) in [4.78, 5) is 29.0. The van der Waals surface area contributed by atoms with Crippen molar-refractivity contribution in [3.8, 4) is 0 Å². The number of likely N-dealkylation sites (tertiary alicyclic amines) is 1. The van der Waals surface area contributed by atoms with Crippen LogP contribution in [0.15, 0.2) is 47.1 Å². The standard InChI is InChI=1S/C19H21N3O3/c1-21(19(24)17-7-4-8-25-17)16-6-3-2-5-15(16)18(23)22-11-13-9-20-10-14(13)12-22/h2-8,13-14,20H,9-12H2,1H3/t13-,14+. The maximum Gasteiger partial charge on any atom is 0.293 e. The number of para-hydroxylation sites is 1. The number of carbonyl (C=O) groups is 2. The molecule has 130 valence electrons. The van der Waals surface area contributed by atoms with Crippen LogP contribution in [0.5, 0.6) is 0 Å². The van der Waals surface area contributed by atoms with Crippen LogP contribution < -0.4 is 10.2 Å². The zero-order valence-electron chi connectivity index (χ0n) is 14.1. The molecule has 2 aromatic rings. The van der Waals surface area contributed by atoms with Crippen LogP contribution in [0.2, 0.25) is 0 Å². The van der Waals surface area contributed by atoms with E-state index in [-0.39, 0.29) is 17.6 Å². The number of hydrogen-bond acceptors (Lipinski definition) is 4. The number of anilines is 1. The number of nitrogens with one attached hydrogen (secondary N) is 1. The van der Waals surface area contributed by atoms with Crippen molar-refractivity contribution in [2.75, 3.05) is 38.1 Å². The Morgan fingerprint density at radius 3 is 2.52 bits per heavy atom. The number of fused-ring (bicyclic) bond motifs is 1. The summed E-state index contributed by atoms with van der Waals surface area (Å²) in [5.74, 6) is 1.06. The molecule has 0 radical (unpaired) electrons. The number of carbonyl (C=O) groups excluding carboxylic acids is 2. The van der Waals surface area contributed by atoms with Gasteiger partial charge < -0.3 is 19.5 Å². The topological polar surface area (TPSA) is 65.8 Å². The molecular weight excluding hydrogens is 318 g/mol. The molecule has 3 heterocycles. The molecule has 0 unspecified atom stereocenters. The molecule has 2 aliphatic heterocycles. The molecule has 0 saturated carbocycles. The third-order valence-corrected chi connectivity index (χ3v) is 5.21. The molecule has 0 aliphatic carbocycles. The average Bonchev–Trinajstić information content (AvgIpc) is 3.36. The number of nitrogens with zero attached hydrogens (tertiary/aromatic N) is 2. The molecule has 2 aliphatic rings. The highest BCUT2D eigenvalue weighted by Gasteiger charge is 2.39. The van der Waals surface area contributed by atoms with E-state index in [2.05, 4.69) is 5.32 Å². The minimum Gasteiger partial charge on any atom is -0.459 e. The van der Waals surface area contributed by atoms with Crippen LogP contribution in [-0.4, -0.2) is 49.9 Å². The molecule has 1 N–H and O–H groups in total. The lowest BCUT2D eigenvalue weighted by atomic mass is 10.0. The summed E-state index contributed by atoms with van der Waals surface area (Å²) in [6.07, 6.45) is 1.47.